The Kier molecular flexibility index (Phi) is 2.50. The van der Waals surface area contributed by atoms with E-state index in [0.29, 0.717) is 5.92 Å². The molecule has 1 fully saturated rings. The molecule has 0 unspecified atom stereocenters. The van der Waals surface area contributed by atoms with Gasteiger partial charge in [-0.05, 0) is 32.6 Å². The molecular formula is C11H17N3O. The average molecular weight is 207 g/mol. The molecule has 15 heavy (non-hydrogen) atoms. The molecule has 1 amide bonds. The van der Waals surface area contributed by atoms with Crippen LogP contribution in [0.25, 0.3) is 0 Å². The van der Waals surface area contributed by atoms with Gasteiger partial charge in [-0.1, -0.05) is 0 Å². The third-order valence-electron chi connectivity index (χ3n) is 2.98. The van der Waals surface area contributed by atoms with Crippen molar-refractivity contribution >= 4 is 5.91 Å². The highest BCUT2D eigenvalue weighted by atomic mass is 16.1. The summed E-state index contributed by atoms with van der Waals surface area (Å²) in [6, 6.07) is 0. The fourth-order valence-electron chi connectivity index (χ4n) is 1.75. The number of amides is 1. The van der Waals surface area contributed by atoms with Gasteiger partial charge in [-0.3, -0.25) is 9.48 Å². The maximum Gasteiger partial charge on any atom is 0.255 e. The zero-order chi connectivity index (χ0) is 11.0. The molecule has 4 heteroatoms. The van der Waals surface area contributed by atoms with Crippen LogP contribution in [0.3, 0.4) is 0 Å². The van der Waals surface area contributed by atoms with Gasteiger partial charge in [-0.25, -0.2) is 0 Å². The van der Waals surface area contributed by atoms with Crippen molar-refractivity contribution in [2.75, 3.05) is 6.54 Å². The zero-order valence-corrected chi connectivity index (χ0v) is 9.50. The van der Waals surface area contributed by atoms with Crippen LogP contribution in [-0.2, 0) is 7.05 Å². The van der Waals surface area contributed by atoms with E-state index >= 15 is 0 Å². The number of nitrogens with zero attached hydrogens (tertiary/aromatic N) is 2. The highest BCUT2D eigenvalue weighted by molar-refractivity contribution is 5.96. The van der Waals surface area contributed by atoms with Gasteiger partial charge in [-0.2, -0.15) is 5.10 Å². The third kappa shape index (κ3) is 2.03. The SMILES string of the molecule is Cc1nn(C)c(C)c1C(=O)NCC1CC1. The van der Waals surface area contributed by atoms with Crippen LogP contribution in [0.4, 0.5) is 0 Å². The summed E-state index contributed by atoms with van der Waals surface area (Å²) in [6.07, 6.45) is 2.51. The molecule has 4 nitrogen and oxygen atoms in total. The number of nitrogens with one attached hydrogen (secondary N) is 1. The lowest BCUT2D eigenvalue weighted by molar-refractivity contribution is 0.0950. The van der Waals surface area contributed by atoms with E-state index in [1.807, 2.05) is 20.9 Å². The standard InChI is InChI=1S/C11H17N3O/c1-7-10(8(2)14(3)13-7)11(15)12-6-9-4-5-9/h9H,4-6H2,1-3H3,(H,12,15). The number of aromatic nitrogens is 2. The second-order valence-electron chi connectivity index (χ2n) is 4.32. The van der Waals surface area contributed by atoms with E-state index < -0.39 is 0 Å². The molecule has 0 atom stereocenters. The largest absolute Gasteiger partial charge is 0.352 e. The van der Waals surface area contributed by atoms with E-state index in [-0.39, 0.29) is 5.91 Å². The van der Waals surface area contributed by atoms with E-state index in [4.69, 9.17) is 0 Å². The molecule has 1 heterocycles. The van der Waals surface area contributed by atoms with Gasteiger partial charge < -0.3 is 5.32 Å². The van der Waals surface area contributed by atoms with Crippen molar-refractivity contribution in [2.24, 2.45) is 13.0 Å². The molecule has 1 saturated carbocycles. The summed E-state index contributed by atoms with van der Waals surface area (Å²) in [6.45, 7) is 4.61. The second kappa shape index (κ2) is 3.68. The second-order valence-corrected chi connectivity index (χ2v) is 4.32. The number of hydrogen-bond acceptors (Lipinski definition) is 2. The lowest BCUT2D eigenvalue weighted by atomic mass is 10.2. The van der Waals surface area contributed by atoms with Gasteiger partial charge in [0.25, 0.3) is 5.91 Å². The van der Waals surface area contributed by atoms with Gasteiger partial charge in [0, 0.05) is 19.3 Å². The average Bonchev–Trinajstić information content (AvgIpc) is 2.94. The van der Waals surface area contributed by atoms with E-state index in [2.05, 4.69) is 10.4 Å². The first-order valence-corrected chi connectivity index (χ1v) is 5.38. The van der Waals surface area contributed by atoms with Crippen LogP contribution >= 0.6 is 0 Å². The first-order chi connectivity index (χ1) is 7.09. The highest BCUT2D eigenvalue weighted by Gasteiger charge is 2.23. The third-order valence-corrected chi connectivity index (χ3v) is 2.98. The molecule has 1 aliphatic carbocycles. The first-order valence-electron chi connectivity index (χ1n) is 5.38. The Labute approximate surface area is 89.7 Å². The molecule has 0 radical (unpaired) electrons. The Hall–Kier alpha value is -1.32. The molecule has 0 aliphatic heterocycles. The van der Waals surface area contributed by atoms with Crippen molar-refractivity contribution in [2.45, 2.75) is 26.7 Å². The van der Waals surface area contributed by atoms with E-state index in [9.17, 15) is 4.79 Å². The summed E-state index contributed by atoms with van der Waals surface area (Å²) in [7, 11) is 1.86. The molecule has 2 rings (SSSR count). The van der Waals surface area contributed by atoms with Crippen LogP contribution in [0, 0.1) is 19.8 Å². The van der Waals surface area contributed by atoms with Crippen LogP contribution in [0.2, 0.25) is 0 Å². The van der Waals surface area contributed by atoms with Gasteiger partial charge >= 0.3 is 0 Å². The summed E-state index contributed by atoms with van der Waals surface area (Å²) >= 11 is 0. The molecule has 0 spiro atoms. The minimum Gasteiger partial charge on any atom is -0.352 e. The number of hydrogen-bond donors (Lipinski definition) is 1. The van der Waals surface area contributed by atoms with Crippen LogP contribution in [-0.4, -0.2) is 22.2 Å². The van der Waals surface area contributed by atoms with Crippen molar-refractivity contribution in [3.63, 3.8) is 0 Å². The Morgan fingerprint density at radius 3 is 2.67 bits per heavy atom. The normalized spacial score (nSPS) is 15.4. The quantitative estimate of drug-likeness (QED) is 0.809. The predicted octanol–water partition coefficient (Wildman–Crippen LogP) is 1.18. The lowest BCUT2D eigenvalue weighted by Crippen LogP contribution is -2.26. The summed E-state index contributed by atoms with van der Waals surface area (Å²) in [5.41, 5.74) is 2.47. The fourth-order valence-corrected chi connectivity index (χ4v) is 1.75. The monoisotopic (exact) mass is 207 g/mol. The smallest absolute Gasteiger partial charge is 0.255 e. The van der Waals surface area contributed by atoms with Crippen molar-refractivity contribution in [1.29, 1.82) is 0 Å². The highest BCUT2D eigenvalue weighted by Crippen LogP contribution is 2.27. The van der Waals surface area contributed by atoms with Crippen molar-refractivity contribution in [3.8, 4) is 0 Å². The molecule has 0 aromatic carbocycles. The van der Waals surface area contributed by atoms with Crippen molar-refractivity contribution < 1.29 is 4.79 Å². The minimum atomic E-state index is 0.0185. The molecule has 1 aromatic rings. The van der Waals surface area contributed by atoms with Crippen molar-refractivity contribution in [1.82, 2.24) is 15.1 Å². The van der Waals surface area contributed by atoms with Gasteiger partial charge in [0.15, 0.2) is 0 Å². The Bertz CT molecular complexity index is 391. The number of rotatable bonds is 3. The van der Waals surface area contributed by atoms with Crippen LogP contribution in [0.5, 0.6) is 0 Å². The Morgan fingerprint density at radius 1 is 1.53 bits per heavy atom. The summed E-state index contributed by atoms with van der Waals surface area (Å²) in [5, 5.41) is 7.19. The van der Waals surface area contributed by atoms with Crippen LogP contribution < -0.4 is 5.32 Å². The first kappa shape index (κ1) is 10.2. The fraction of sp³-hybridized carbons (Fsp3) is 0.636. The predicted molar refractivity (Wildman–Crippen MR) is 57.7 cm³/mol. The molecule has 1 N–H and O–H groups in total. The number of carbonyl (C=O) groups is 1. The Balaban J connectivity index is 2.09. The summed E-state index contributed by atoms with van der Waals surface area (Å²) in [4.78, 5) is 11.9. The van der Waals surface area contributed by atoms with Crippen LogP contribution in [0.15, 0.2) is 0 Å². The summed E-state index contributed by atoms with van der Waals surface area (Å²) < 4.78 is 1.75. The topological polar surface area (TPSA) is 46.9 Å². The van der Waals surface area contributed by atoms with Gasteiger partial charge in [-0.15, -0.1) is 0 Å². The van der Waals surface area contributed by atoms with Crippen LogP contribution in [0.1, 0.15) is 34.6 Å². The number of aryl methyl sites for hydroxylation is 2. The van der Waals surface area contributed by atoms with E-state index in [1.165, 1.54) is 12.8 Å². The molecule has 0 saturated heterocycles. The number of carbonyl (C=O) groups excluding carboxylic acids is 1. The van der Waals surface area contributed by atoms with Gasteiger partial charge in [0.05, 0.1) is 11.3 Å². The summed E-state index contributed by atoms with van der Waals surface area (Å²) in [5.74, 6) is 0.733. The van der Waals surface area contributed by atoms with Gasteiger partial charge in [0.1, 0.15) is 0 Å². The minimum absolute atomic E-state index is 0.0185. The molecular weight excluding hydrogens is 190 g/mol. The van der Waals surface area contributed by atoms with E-state index in [0.717, 1.165) is 23.5 Å². The molecule has 1 aliphatic rings. The molecule has 82 valence electrons. The maximum atomic E-state index is 11.9. The molecule has 1 aromatic heterocycles. The van der Waals surface area contributed by atoms with Gasteiger partial charge in [0.2, 0.25) is 0 Å². The van der Waals surface area contributed by atoms with E-state index in [1.54, 1.807) is 4.68 Å². The van der Waals surface area contributed by atoms with Crippen molar-refractivity contribution in [3.05, 3.63) is 17.0 Å². The molecule has 0 bridgehead atoms. The maximum absolute atomic E-state index is 11.9. The lowest BCUT2D eigenvalue weighted by Gasteiger charge is -2.04. The zero-order valence-electron chi connectivity index (χ0n) is 9.50. The Morgan fingerprint density at radius 2 is 2.20 bits per heavy atom.